The van der Waals surface area contributed by atoms with Gasteiger partial charge in [0.2, 0.25) is 6.23 Å². The van der Waals surface area contributed by atoms with E-state index >= 15 is 0 Å². The van der Waals surface area contributed by atoms with E-state index in [2.05, 4.69) is 9.98 Å². The third-order valence-electron chi connectivity index (χ3n) is 4.44. The Kier molecular flexibility index (Phi) is 5.56. The fourth-order valence-electron chi connectivity index (χ4n) is 3.12. The standard InChI is InChI=1S/C19H15F2N3O.C2H4O2/c1-10-11(2)24-16-8-7-12(20)9-14(16)17(23-19(25)18(24)22-10)13-5-3-4-6-15(13)21;1-2(3)4/h3-9,19,25H,1-2H3;1H3,(H,3,4). The van der Waals surface area contributed by atoms with Gasteiger partial charge >= 0.3 is 0 Å². The Labute approximate surface area is 165 Å². The topological polar surface area (TPSA) is 87.7 Å². The molecule has 2 N–H and O–H groups in total. The Morgan fingerprint density at radius 3 is 2.41 bits per heavy atom. The van der Waals surface area contributed by atoms with E-state index in [4.69, 9.17) is 9.90 Å². The van der Waals surface area contributed by atoms with Crippen molar-refractivity contribution >= 4 is 11.7 Å². The predicted molar refractivity (Wildman–Crippen MR) is 103 cm³/mol. The molecule has 2 heterocycles. The highest BCUT2D eigenvalue weighted by atomic mass is 19.1. The first-order valence-electron chi connectivity index (χ1n) is 8.77. The molecule has 0 saturated carbocycles. The van der Waals surface area contributed by atoms with Crippen molar-refractivity contribution in [2.24, 2.45) is 4.99 Å². The normalized spacial score (nSPS) is 14.7. The van der Waals surface area contributed by atoms with Crippen LogP contribution in [0.3, 0.4) is 0 Å². The maximum atomic E-state index is 14.3. The molecule has 1 atom stereocenters. The van der Waals surface area contributed by atoms with Crippen molar-refractivity contribution < 1.29 is 23.8 Å². The predicted octanol–water partition coefficient (Wildman–Crippen LogP) is 3.70. The number of nitrogens with zero attached hydrogens (tertiary/aromatic N) is 3. The number of imidazole rings is 1. The molecule has 6 nitrogen and oxygen atoms in total. The molecule has 0 aliphatic carbocycles. The molecule has 0 amide bonds. The number of aryl methyl sites for hydroxylation is 1. The molecule has 3 aromatic rings. The molecule has 1 aliphatic rings. The van der Waals surface area contributed by atoms with Gasteiger partial charge in [0, 0.05) is 23.7 Å². The van der Waals surface area contributed by atoms with Gasteiger partial charge in [-0.1, -0.05) is 12.1 Å². The van der Waals surface area contributed by atoms with Crippen LogP contribution < -0.4 is 0 Å². The maximum Gasteiger partial charge on any atom is 0.300 e. The summed E-state index contributed by atoms with van der Waals surface area (Å²) in [4.78, 5) is 17.6. The molecule has 0 bridgehead atoms. The zero-order valence-electron chi connectivity index (χ0n) is 16.0. The molecule has 0 saturated heterocycles. The lowest BCUT2D eigenvalue weighted by Gasteiger charge is -2.13. The zero-order chi connectivity index (χ0) is 21.3. The number of hydrogen-bond donors (Lipinski definition) is 2. The van der Waals surface area contributed by atoms with Crippen LogP contribution in [0.15, 0.2) is 47.5 Å². The smallest absolute Gasteiger partial charge is 0.300 e. The van der Waals surface area contributed by atoms with E-state index in [1.54, 1.807) is 28.8 Å². The minimum Gasteiger partial charge on any atom is -0.481 e. The number of benzene rings is 2. The molecule has 0 spiro atoms. The van der Waals surface area contributed by atoms with E-state index in [1.165, 1.54) is 18.2 Å². The zero-order valence-corrected chi connectivity index (χ0v) is 16.0. The second kappa shape index (κ2) is 7.92. The number of aliphatic hydroxyl groups is 1. The van der Waals surface area contributed by atoms with Gasteiger partial charge in [0.05, 0.1) is 17.1 Å². The van der Waals surface area contributed by atoms with Crippen LogP contribution in [0, 0.1) is 25.5 Å². The lowest BCUT2D eigenvalue weighted by atomic mass is 9.99. The fraction of sp³-hybridized carbons (Fsp3) is 0.190. The summed E-state index contributed by atoms with van der Waals surface area (Å²) in [5.41, 5.74) is 2.97. The molecule has 0 radical (unpaired) electrons. The number of rotatable bonds is 1. The first-order chi connectivity index (χ1) is 13.7. The van der Waals surface area contributed by atoms with Gasteiger partial charge in [-0.25, -0.2) is 18.8 Å². The number of aromatic nitrogens is 2. The SMILES string of the molecule is CC(=O)O.Cc1nc2n(c1C)-c1ccc(F)cc1C(c1ccccc1F)=NC2O. The minimum absolute atomic E-state index is 0.197. The summed E-state index contributed by atoms with van der Waals surface area (Å²) in [7, 11) is 0. The van der Waals surface area contributed by atoms with Crippen LogP contribution in [0.1, 0.15) is 41.5 Å². The van der Waals surface area contributed by atoms with E-state index in [9.17, 15) is 13.9 Å². The highest BCUT2D eigenvalue weighted by Gasteiger charge is 2.28. The molecule has 1 unspecified atom stereocenters. The molecule has 8 heteroatoms. The van der Waals surface area contributed by atoms with Gasteiger partial charge in [0.15, 0.2) is 5.82 Å². The highest BCUT2D eigenvalue weighted by Crippen LogP contribution is 2.32. The Bertz CT molecular complexity index is 1120. The van der Waals surface area contributed by atoms with Crippen LogP contribution in [0.25, 0.3) is 5.69 Å². The summed E-state index contributed by atoms with van der Waals surface area (Å²) in [5.74, 6) is -1.46. The van der Waals surface area contributed by atoms with E-state index < -0.39 is 23.8 Å². The number of halogens is 2. The van der Waals surface area contributed by atoms with Crippen molar-refractivity contribution in [3.8, 4) is 5.69 Å². The van der Waals surface area contributed by atoms with E-state index in [0.29, 0.717) is 17.1 Å². The van der Waals surface area contributed by atoms with Crippen LogP contribution in [-0.2, 0) is 4.79 Å². The van der Waals surface area contributed by atoms with Crippen molar-refractivity contribution in [2.75, 3.05) is 0 Å². The highest BCUT2D eigenvalue weighted by molar-refractivity contribution is 6.15. The summed E-state index contributed by atoms with van der Waals surface area (Å²) in [6.45, 7) is 4.77. The summed E-state index contributed by atoms with van der Waals surface area (Å²) < 4.78 is 30.0. The van der Waals surface area contributed by atoms with Gasteiger partial charge in [0.1, 0.15) is 11.6 Å². The number of carbonyl (C=O) groups is 1. The first kappa shape index (κ1) is 20.3. The largest absolute Gasteiger partial charge is 0.481 e. The monoisotopic (exact) mass is 399 g/mol. The number of hydrogen-bond acceptors (Lipinski definition) is 4. The van der Waals surface area contributed by atoms with Gasteiger partial charge in [-0.15, -0.1) is 0 Å². The number of fused-ring (bicyclic) bond motifs is 3. The van der Waals surface area contributed by atoms with Crippen LogP contribution in [0.4, 0.5) is 8.78 Å². The third-order valence-corrected chi connectivity index (χ3v) is 4.44. The summed E-state index contributed by atoms with van der Waals surface area (Å²) in [6.07, 6.45) is -1.28. The maximum absolute atomic E-state index is 14.3. The molecule has 150 valence electrons. The van der Waals surface area contributed by atoms with Crippen LogP contribution in [-0.4, -0.2) is 31.4 Å². The molecule has 4 rings (SSSR count). The van der Waals surface area contributed by atoms with Crippen LogP contribution >= 0.6 is 0 Å². The number of carboxylic acid groups (broad SMARTS) is 1. The van der Waals surface area contributed by atoms with Gasteiger partial charge in [0.25, 0.3) is 5.97 Å². The van der Waals surface area contributed by atoms with Crippen molar-refractivity contribution in [3.05, 3.63) is 82.4 Å². The van der Waals surface area contributed by atoms with Crippen LogP contribution in [0.2, 0.25) is 0 Å². The number of aliphatic imine (C=N–C) groups is 1. The number of carboxylic acids is 1. The van der Waals surface area contributed by atoms with Crippen molar-refractivity contribution in [1.29, 1.82) is 0 Å². The summed E-state index contributed by atoms with van der Waals surface area (Å²) >= 11 is 0. The summed E-state index contributed by atoms with van der Waals surface area (Å²) in [5, 5.41) is 18.0. The quantitative estimate of drug-likeness (QED) is 0.653. The Hall–Kier alpha value is -3.39. The second-order valence-corrected chi connectivity index (χ2v) is 6.49. The van der Waals surface area contributed by atoms with Crippen molar-refractivity contribution in [1.82, 2.24) is 9.55 Å². The van der Waals surface area contributed by atoms with Crippen LogP contribution in [0.5, 0.6) is 0 Å². The van der Waals surface area contributed by atoms with Gasteiger partial charge in [-0.2, -0.15) is 0 Å². The average Bonchev–Trinajstić information content (AvgIpc) is 2.88. The van der Waals surface area contributed by atoms with Crippen molar-refractivity contribution in [2.45, 2.75) is 27.0 Å². The summed E-state index contributed by atoms with van der Waals surface area (Å²) in [6, 6.07) is 10.3. The van der Waals surface area contributed by atoms with Gasteiger partial charge < -0.3 is 10.2 Å². The van der Waals surface area contributed by atoms with Gasteiger partial charge in [-0.05, 0) is 44.2 Å². The Balaban J connectivity index is 0.000000552. The third kappa shape index (κ3) is 3.93. The fourth-order valence-corrected chi connectivity index (χ4v) is 3.12. The van der Waals surface area contributed by atoms with E-state index in [0.717, 1.165) is 18.3 Å². The lowest BCUT2D eigenvalue weighted by molar-refractivity contribution is -0.134. The lowest BCUT2D eigenvalue weighted by Crippen LogP contribution is -2.10. The Morgan fingerprint density at radius 2 is 1.76 bits per heavy atom. The molecule has 29 heavy (non-hydrogen) atoms. The molecule has 1 aromatic heterocycles. The number of aliphatic carboxylic acids is 1. The van der Waals surface area contributed by atoms with Gasteiger partial charge in [-0.3, -0.25) is 9.36 Å². The first-order valence-corrected chi connectivity index (χ1v) is 8.77. The molecule has 2 aromatic carbocycles. The van der Waals surface area contributed by atoms with Crippen molar-refractivity contribution in [3.63, 3.8) is 0 Å². The number of aliphatic hydroxyl groups excluding tert-OH is 1. The molecule has 1 aliphatic heterocycles. The molecular formula is C21H19F2N3O3. The second-order valence-electron chi connectivity index (χ2n) is 6.49. The van der Waals surface area contributed by atoms with E-state index in [1.807, 2.05) is 13.8 Å². The average molecular weight is 399 g/mol. The van der Waals surface area contributed by atoms with E-state index in [-0.39, 0.29) is 11.3 Å². The minimum atomic E-state index is -1.28. The Morgan fingerprint density at radius 1 is 1.10 bits per heavy atom. The molecular weight excluding hydrogens is 380 g/mol. The molecule has 0 fully saturated rings.